The van der Waals surface area contributed by atoms with Gasteiger partial charge >= 0.3 is 0 Å². The molecule has 3 aliphatic rings. The number of ether oxygens (including phenoxy) is 1. The summed E-state index contributed by atoms with van der Waals surface area (Å²) in [6.45, 7) is 6.35. The highest BCUT2D eigenvalue weighted by Gasteiger charge is 2.51. The molecule has 0 amide bonds. The molecule has 2 unspecified atom stereocenters. The van der Waals surface area contributed by atoms with Gasteiger partial charge in [-0.1, -0.05) is 6.92 Å². The van der Waals surface area contributed by atoms with Gasteiger partial charge in [0.1, 0.15) is 5.60 Å². The second-order valence-corrected chi connectivity index (χ2v) is 5.25. The van der Waals surface area contributed by atoms with Crippen molar-refractivity contribution in [2.45, 2.75) is 64.1 Å². The molecule has 0 aromatic rings. The van der Waals surface area contributed by atoms with Crippen molar-refractivity contribution in [2.24, 2.45) is 5.92 Å². The van der Waals surface area contributed by atoms with Crippen molar-refractivity contribution in [3.63, 3.8) is 0 Å². The molecule has 3 rings (SSSR count). The van der Waals surface area contributed by atoms with E-state index in [9.17, 15) is 4.79 Å². The van der Waals surface area contributed by atoms with Crippen molar-refractivity contribution in [3.8, 4) is 0 Å². The van der Waals surface area contributed by atoms with Gasteiger partial charge in [-0.25, -0.2) is 0 Å². The molecule has 0 spiro atoms. The summed E-state index contributed by atoms with van der Waals surface area (Å²) < 4.78 is 6.10. The first-order chi connectivity index (χ1) is 6.50. The van der Waals surface area contributed by atoms with Gasteiger partial charge in [0.05, 0.1) is 5.60 Å². The molecule has 80 valence electrons. The summed E-state index contributed by atoms with van der Waals surface area (Å²) in [5.74, 6) is 0.918. The summed E-state index contributed by atoms with van der Waals surface area (Å²) in [7, 11) is 0. The molecule has 0 aromatic carbocycles. The highest BCUT2D eigenvalue weighted by Crippen LogP contribution is 2.47. The molecule has 0 N–H and O–H groups in total. The maximum atomic E-state index is 12.0. The Morgan fingerprint density at radius 1 is 1.43 bits per heavy atom. The third-order valence-electron chi connectivity index (χ3n) is 4.14. The Morgan fingerprint density at radius 2 is 2.14 bits per heavy atom. The number of hydrogen-bond acceptors (Lipinski definition) is 2. The second-order valence-electron chi connectivity index (χ2n) is 5.25. The summed E-state index contributed by atoms with van der Waals surface area (Å²) in [4.78, 5) is 12.0. The lowest BCUT2D eigenvalue weighted by Crippen LogP contribution is -2.51. The zero-order chi connectivity index (χ0) is 10.4. The van der Waals surface area contributed by atoms with Gasteiger partial charge in [0.2, 0.25) is 0 Å². The molecule has 3 fully saturated rings. The zero-order valence-electron chi connectivity index (χ0n) is 9.43. The summed E-state index contributed by atoms with van der Waals surface area (Å²) in [6, 6.07) is 0. The Hall–Kier alpha value is -0.370. The number of carbonyl (C=O) groups is 1. The van der Waals surface area contributed by atoms with Gasteiger partial charge in [0.25, 0.3) is 0 Å². The van der Waals surface area contributed by atoms with Crippen molar-refractivity contribution in [3.05, 3.63) is 0 Å². The topological polar surface area (TPSA) is 26.3 Å². The van der Waals surface area contributed by atoms with E-state index in [-0.39, 0.29) is 5.60 Å². The molecule has 2 nitrogen and oxygen atoms in total. The maximum absolute atomic E-state index is 12.0. The van der Waals surface area contributed by atoms with Crippen LogP contribution in [0.5, 0.6) is 0 Å². The van der Waals surface area contributed by atoms with E-state index in [4.69, 9.17) is 4.74 Å². The van der Waals surface area contributed by atoms with E-state index in [1.165, 1.54) is 0 Å². The van der Waals surface area contributed by atoms with Crippen LogP contribution in [0.2, 0.25) is 0 Å². The SMILES string of the molecule is CCC12CCC(CCC1=O)C(C)(C)O2. The molecule has 0 aromatic heterocycles. The Morgan fingerprint density at radius 3 is 2.71 bits per heavy atom. The Bertz CT molecular complexity index is 257. The van der Waals surface area contributed by atoms with Gasteiger partial charge in [-0.2, -0.15) is 0 Å². The van der Waals surface area contributed by atoms with Gasteiger partial charge in [0.15, 0.2) is 5.78 Å². The Labute approximate surface area is 86.0 Å². The van der Waals surface area contributed by atoms with Crippen molar-refractivity contribution in [2.75, 3.05) is 0 Å². The second kappa shape index (κ2) is 3.06. The maximum Gasteiger partial charge on any atom is 0.164 e. The fourth-order valence-corrected chi connectivity index (χ4v) is 3.06. The third-order valence-corrected chi connectivity index (χ3v) is 4.14. The highest BCUT2D eigenvalue weighted by molar-refractivity contribution is 5.88. The standard InChI is InChI=1S/C12H20O2/c1-4-12-8-7-9(5-6-10(12)13)11(2,3)14-12/h9H,4-8H2,1-3H3. The van der Waals surface area contributed by atoms with Crippen LogP contribution in [0, 0.1) is 5.92 Å². The van der Waals surface area contributed by atoms with E-state index in [0.29, 0.717) is 11.7 Å². The van der Waals surface area contributed by atoms with Crippen LogP contribution in [0.25, 0.3) is 0 Å². The fourth-order valence-electron chi connectivity index (χ4n) is 3.06. The number of ketones is 1. The van der Waals surface area contributed by atoms with Crippen LogP contribution in [-0.4, -0.2) is 17.0 Å². The first kappa shape index (κ1) is 10.2. The number of carbonyl (C=O) groups excluding carboxylic acids is 1. The van der Waals surface area contributed by atoms with Gasteiger partial charge in [-0.05, 0) is 45.4 Å². The number of hydrogen-bond donors (Lipinski definition) is 0. The lowest BCUT2D eigenvalue weighted by Gasteiger charge is -2.45. The highest BCUT2D eigenvalue weighted by atomic mass is 16.5. The fraction of sp³-hybridized carbons (Fsp3) is 0.917. The lowest BCUT2D eigenvalue weighted by atomic mass is 9.79. The van der Waals surface area contributed by atoms with Crippen LogP contribution in [0.4, 0.5) is 0 Å². The minimum Gasteiger partial charge on any atom is -0.361 e. The summed E-state index contributed by atoms with van der Waals surface area (Å²) in [6.07, 6.45) is 4.68. The van der Waals surface area contributed by atoms with Crippen molar-refractivity contribution in [1.29, 1.82) is 0 Å². The van der Waals surface area contributed by atoms with Gasteiger partial charge in [-0.15, -0.1) is 0 Å². The summed E-state index contributed by atoms with van der Waals surface area (Å²) in [5, 5.41) is 0. The van der Waals surface area contributed by atoms with Crippen LogP contribution >= 0.6 is 0 Å². The smallest absolute Gasteiger partial charge is 0.164 e. The average molecular weight is 196 g/mol. The van der Waals surface area contributed by atoms with E-state index >= 15 is 0 Å². The van der Waals surface area contributed by atoms with Crippen LogP contribution in [0.1, 0.15) is 52.9 Å². The van der Waals surface area contributed by atoms with Gasteiger partial charge in [-0.3, -0.25) is 4.79 Å². The monoisotopic (exact) mass is 196 g/mol. The normalized spacial score (nSPS) is 41.1. The van der Waals surface area contributed by atoms with Crippen LogP contribution in [-0.2, 0) is 9.53 Å². The molecule has 2 bridgehead atoms. The van der Waals surface area contributed by atoms with Crippen LogP contribution < -0.4 is 0 Å². The lowest BCUT2D eigenvalue weighted by molar-refractivity contribution is -0.194. The molecule has 2 atom stereocenters. The van der Waals surface area contributed by atoms with E-state index in [1.54, 1.807) is 0 Å². The average Bonchev–Trinajstić information content (AvgIpc) is 2.33. The predicted octanol–water partition coefficient (Wildman–Crippen LogP) is 2.70. The molecule has 2 saturated heterocycles. The van der Waals surface area contributed by atoms with Crippen molar-refractivity contribution >= 4 is 5.78 Å². The molecular formula is C12H20O2. The molecular weight excluding hydrogens is 176 g/mol. The van der Waals surface area contributed by atoms with E-state index in [1.807, 2.05) is 0 Å². The number of fused-ring (bicyclic) bond motifs is 4. The van der Waals surface area contributed by atoms with Crippen molar-refractivity contribution in [1.82, 2.24) is 0 Å². The Balaban J connectivity index is 2.35. The molecule has 14 heavy (non-hydrogen) atoms. The van der Waals surface area contributed by atoms with Crippen molar-refractivity contribution < 1.29 is 9.53 Å². The van der Waals surface area contributed by atoms with Gasteiger partial charge in [0, 0.05) is 6.42 Å². The van der Waals surface area contributed by atoms with Crippen LogP contribution in [0.15, 0.2) is 0 Å². The molecule has 2 heteroatoms. The molecule has 1 saturated carbocycles. The minimum atomic E-state index is -0.434. The molecule has 0 radical (unpaired) electrons. The third kappa shape index (κ3) is 1.31. The minimum absolute atomic E-state index is 0.0968. The van der Waals surface area contributed by atoms with E-state index < -0.39 is 5.60 Å². The Kier molecular flexibility index (Phi) is 2.22. The molecule has 1 aliphatic carbocycles. The molecule has 2 heterocycles. The quantitative estimate of drug-likeness (QED) is 0.644. The largest absolute Gasteiger partial charge is 0.361 e. The van der Waals surface area contributed by atoms with E-state index in [2.05, 4.69) is 20.8 Å². The van der Waals surface area contributed by atoms with E-state index in [0.717, 1.165) is 32.1 Å². The van der Waals surface area contributed by atoms with Crippen LogP contribution in [0.3, 0.4) is 0 Å². The zero-order valence-corrected chi connectivity index (χ0v) is 9.43. The molecule has 2 aliphatic heterocycles. The van der Waals surface area contributed by atoms with Gasteiger partial charge < -0.3 is 4.74 Å². The number of rotatable bonds is 1. The number of Topliss-reactive ketones (excluding diaryl/α,β-unsaturated/α-hetero) is 1. The first-order valence-electron chi connectivity index (χ1n) is 5.74. The predicted molar refractivity (Wildman–Crippen MR) is 55.2 cm³/mol. The first-order valence-corrected chi connectivity index (χ1v) is 5.74. The summed E-state index contributed by atoms with van der Waals surface area (Å²) in [5.41, 5.74) is -0.531. The summed E-state index contributed by atoms with van der Waals surface area (Å²) >= 11 is 0.